The van der Waals surface area contributed by atoms with Crippen LogP contribution in [0.1, 0.15) is 25.1 Å². The average molecular weight is 168 g/mol. The minimum absolute atomic E-state index is 0.0752. The van der Waals surface area contributed by atoms with E-state index in [0.29, 0.717) is 0 Å². The molecular formula is C8H12N2S. The van der Waals surface area contributed by atoms with Gasteiger partial charge in [0.2, 0.25) is 0 Å². The van der Waals surface area contributed by atoms with Crippen LogP contribution in [0.25, 0.3) is 0 Å². The van der Waals surface area contributed by atoms with Crippen molar-refractivity contribution < 1.29 is 0 Å². The van der Waals surface area contributed by atoms with Crippen LogP contribution in [-0.2, 0) is 5.54 Å². The summed E-state index contributed by atoms with van der Waals surface area (Å²) in [6, 6.07) is 0. The fourth-order valence-corrected chi connectivity index (χ4v) is 2.43. The van der Waals surface area contributed by atoms with E-state index in [1.54, 1.807) is 11.3 Å². The van der Waals surface area contributed by atoms with Crippen LogP contribution in [-0.4, -0.2) is 4.98 Å². The van der Waals surface area contributed by atoms with Crippen molar-refractivity contribution in [2.45, 2.75) is 25.8 Å². The largest absolute Gasteiger partial charge is 0.320 e. The van der Waals surface area contributed by atoms with E-state index in [1.165, 1.54) is 4.88 Å². The lowest BCUT2D eigenvalue weighted by Crippen LogP contribution is -2.24. The van der Waals surface area contributed by atoms with Gasteiger partial charge in [0.1, 0.15) is 0 Å². The summed E-state index contributed by atoms with van der Waals surface area (Å²) in [4.78, 5) is 5.26. The van der Waals surface area contributed by atoms with Crippen LogP contribution in [0, 0.1) is 5.41 Å². The number of rotatable bonds is 1. The first-order valence-electron chi connectivity index (χ1n) is 3.74. The second-order valence-electron chi connectivity index (χ2n) is 3.90. The smallest absolute Gasteiger partial charge is 0.0794 e. The zero-order chi connectivity index (χ0) is 8.11. The minimum atomic E-state index is -0.0752. The van der Waals surface area contributed by atoms with Crippen molar-refractivity contribution in [3.63, 3.8) is 0 Å². The van der Waals surface area contributed by atoms with Crippen molar-refractivity contribution in [3.05, 3.63) is 16.6 Å². The Morgan fingerprint density at radius 3 is 2.64 bits per heavy atom. The molecule has 0 bridgehead atoms. The molecule has 60 valence electrons. The molecule has 2 rings (SSSR count). The van der Waals surface area contributed by atoms with E-state index in [2.05, 4.69) is 18.8 Å². The predicted octanol–water partition coefficient (Wildman–Crippen LogP) is 1.73. The van der Waals surface area contributed by atoms with Gasteiger partial charge in [0.25, 0.3) is 0 Å². The Kier molecular flexibility index (Phi) is 1.22. The van der Waals surface area contributed by atoms with Gasteiger partial charge >= 0.3 is 0 Å². The molecule has 1 saturated carbocycles. The third-order valence-electron chi connectivity index (χ3n) is 2.68. The van der Waals surface area contributed by atoms with Crippen LogP contribution in [0.15, 0.2) is 11.7 Å². The van der Waals surface area contributed by atoms with Crippen molar-refractivity contribution in [1.82, 2.24) is 4.98 Å². The van der Waals surface area contributed by atoms with Crippen molar-refractivity contribution in [2.24, 2.45) is 11.1 Å². The van der Waals surface area contributed by atoms with Crippen molar-refractivity contribution in [2.75, 3.05) is 0 Å². The summed E-state index contributed by atoms with van der Waals surface area (Å²) in [7, 11) is 0. The van der Waals surface area contributed by atoms with Crippen LogP contribution in [0.5, 0.6) is 0 Å². The molecule has 0 spiro atoms. The van der Waals surface area contributed by atoms with E-state index in [0.717, 1.165) is 6.42 Å². The van der Waals surface area contributed by atoms with Gasteiger partial charge in [0.15, 0.2) is 0 Å². The van der Waals surface area contributed by atoms with E-state index in [9.17, 15) is 0 Å². The van der Waals surface area contributed by atoms with Crippen LogP contribution in [0.2, 0.25) is 0 Å². The molecule has 2 nitrogen and oxygen atoms in total. The lowest BCUT2D eigenvalue weighted by Gasteiger charge is -2.11. The molecule has 11 heavy (non-hydrogen) atoms. The Hall–Kier alpha value is -0.410. The molecular weight excluding hydrogens is 156 g/mol. The second-order valence-corrected chi connectivity index (χ2v) is 4.78. The highest BCUT2D eigenvalue weighted by atomic mass is 32.1. The highest BCUT2D eigenvalue weighted by molar-refractivity contribution is 7.09. The molecule has 1 atom stereocenters. The van der Waals surface area contributed by atoms with Crippen molar-refractivity contribution in [1.29, 1.82) is 0 Å². The number of aromatic nitrogens is 1. The summed E-state index contributed by atoms with van der Waals surface area (Å²) in [5, 5.41) is 0. The molecule has 0 aromatic carbocycles. The molecule has 0 amide bonds. The zero-order valence-electron chi connectivity index (χ0n) is 6.79. The van der Waals surface area contributed by atoms with Crippen LogP contribution in [0.3, 0.4) is 0 Å². The molecule has 1 fully saturated rings. The maximum Gasteiger partial charge on any atom is 0.0794 e. The number of thiazole rings is 1. The normalized spacial score (nSPS) is 33.7. The summed E-state index contributed by atoms with van der Waals surface area (Å²) >= 11 is 1.66. The molecule has 0 radical (unpaired) electrons. The average Bonchev–Trinajstić information content (AvgIpc) is 2.36. The van der Waals surface area contributed by atoms with Crippen LogP contribution >= 0.6 is 11.3 Å². The molecule has 3 heteroatoms. The Morgan fingerprint density at radius 2 is 2.27 bits per heavy atom. The Bertz CT molecular complexity index is 266. The lowest BCUT2D eigenvalue weighted by molar-refractivity contribution is 0.516. The van der Waals surface area contributed by atoms with Crippen molar-refractivity contribution >= 4 is 11.3 Å². The quantitative estimate of drug-likeness (QED) is 0.693. The molecule has 1 aliphatic rings. The molecule has 0 aliphatic heterocycles. The topological polar surface area (TPSA) is 38.9 Å². The number of hydrogen-bond acceptors (Lipinski definition) is 3. The fourth-order valence-electron chi connectivity index (χ4n) is 1.51. The third kappa shape index (κ3) is 0.844. The maximum atomic E-state index is 6.16. The van der Waals surface area contributed by atoms with E-state index in [-0.39, 0.29) is 11.0 Å². The van der Waals surface area contributed by atoms with E-state index in [1.807, 2.05) is 11.7 Å². The molecule has 1 heterocycles. The van der Waals surface area contributed by atoms with Crippen molar-refractivity contribution in [3.8, 4) is 0 Å². The Balaban J connectivity index is 2.33. The monoisotopic (exact) mass is 168 g/mol. The summed E-state index contributed by atoms with van der Waals surface area (Å²) in [6.45, 7) is 4.40. The van der Waals surface area contributed by atoms with Gasteiger partial charge in [-0.25, -0.2) is 0 Å². The SMILES string of the molecule is CC1(C)CC1(N)c1cncs1. The van der Waals surface area contributed by atoms with Crippen LogP contribution in [0.4, 0.5) is 0 Å². The van der Waals surface area contributed by atoms with Gasteiger partial charge < -0.3 is 5.73 Å². The Morgan fingerprint density at radius 1 is 1.64 bits per heavy atom. The van der Waals surface area contributed by atoms with Gasteiger partial charge in [0, 0.05) is 11.1 Å². The number of nitrogens with two attached hydrogens (primary N) is 1. The van der Waals surface area contributed by atoms with Gasteiger partial charge in [-0.3, -0.25) is 4.98 Å². The standard InChI is InChI=1S/C8H12N2S/c1-7(2)4-8(7,9)6-3-10-5-11-6/h3,5H,4,9H2,1-2H3. The van der Waals surface area contributed by atoms with Crippen LogP contribution < -0.4 is 5.73 Å². The molecule has 2 N–H and O–H groups in total. The van der Waals surface area contributed by atoms with Gasteiger partial charge in [-0.15, -0.1) is 11.3 Å². The molecule has 1 aromatic rings. The van der Waals surface area contributed by atoms with E-state index in [4.69, 9.17) is 5.73 Å². The summed E-state index contributed by atoms with van der Waals surface area (Å²) in [5.41, 5.74) is 8.21. The van der Waals surface area contributed by atoms with Gasteiger partial charge in [-0.1, -0.05) is 13.8 Å². The van der Waals surface area contributed by atoms with Gasteiger partial charge in [-0.05, 0) is 11.8 Å². The highest BCUT2D eigenvalue weighted by Gasteiger charge is 2.60. The fraction of sp³-hybridized carbons (Fsp3) is 0.625. The number of hydrogen-bond donors (Lipinski definition) is 1. The van der Waals surface area contributed by atoms with E-state index < -0.39 is 0 Å². The number of nitrogens with zero attached hydrogens (tertiary/aromatic N) is 1. The lowest BCUT2D eigenvalue weighted by atomic mass is 10.1. The molecule has 1 aromatic heterocycles. The second kappa shape index (κ2) is 1.84. The highest BCUT2D eigenvalue weighted by Crippen LogP contribution is 2.60. The zero-order valence-corrected chi connectivity index (χ0v) is 7.61. The predicted molar refractivity (Wildman–Crippen MR) is 46.4 cm³/mol. The molecule has 1 unspecified atom stereocenters. The van der Waals surface area contributed by atoms with Gasteiger partial charge in [-0.2, -0.15) is 0 Å². The summed E-state index contributed by atoms with van der Waals surface area (Å²) < 4.78 is 0. The minimum Gasteiger partial charge on any atom is -0.320 e. The maximum absolute atomic E-state index is 6.16. The molecule has 1 aliphatic carbocycles. The summed E-state index contributed by atoms with van der Waals surface area (Å²) in [5.74, 6) is 0. The summed E-state index contributed by atoms with van der Waals surface area (Å²) in [6.07, 6.45) is 2.97. The third-order valence-corrected chi connectivity index (χ3v) is 3.63. The first-order valence-corrected chi connectivity index (χ1v) is 4.62. The first-order chi connectivity index (χ1) is 5.06. The Labute approximate surface area is 70.5 Å². The first kappa shape index (κ1) is 7.25. The van der Waals surface area contributed by atoms with Gasteiger partial charge in [0.05, 0.1) is 11.0 Å². The molecule has 0 saturated heterocycles. The van der Waals surface area contributed by atoms with E-state index >= 15 is 0 Å².